The van der Waals surface area contributed by atoms with Crippen LogP contribution in [0.4, 0.5) is 4.39 Å². The molecule has 0 saturated heterocycles. The number of benzene rings is 2. The Bertz CT molecular complexity index is 598. The first-order chi connectivity index (χ1) is 10.1. The maximum atomic E-state index is 13.5. The summed E-state index contributed by atoms with van der Waals surface area (Å²) in [5, 5.41) is 3.29. The van der Waals surface area contributed by atoms with Crippen molar-refractivity contribution in [3.8, 4) is 11.5 Å². The van der Waals surface area contributed by atoms with E-state index >= 15 is 0 Å². The normalized spacial score (nSPS) is 12.2. The molecule has 2 nitrogen and oxygen atoms in total. The van der Waals surface area contributed by atoms with Gasteiger partial charge in [0.15, 0.2) is 0 Å². The molecule has 0 aliphatic rings. The molecule has 0 spiro atoms. The topological polar surface area (TPSA) is 21.3 Å². The number of hydrogen-bond donors (Lipinski definition) is 1. The molecule has 0 fully saturated rings. The van der Waals surface area contributed by atoms with Crippen LogP contribution in [0.25, 0.3) is 0 Å². The molecule has 0 heterocycles. The van der Waals surface area contributed by atoms with Gasteiger partial charge in [-0.25, -0.2) is 4.39 Å². The van der Waals surface area contributed by atoms with Crippen LogP contribution in [0.1, 0.15) is 37.9 Å². The molecule has 0 amide bonds. The average Bonchev–Trinajstić information content (AvgIpc) is 2.49. The van der Waals surface area contributed by atoms with Crippen LogP contribution in [0.15, 0.2) is 42.5 Å². The van der Waals surface area contributed by atoms with Gasteiger partial charge in [-0.3, -0.25) is 0 Å². The van der Waals surface area contributed by atoms with E-state index in [1.54, 1.807) is 6.07 Å². The molecule has 0 radical (unpaired) electrons. The van der Waals surface area contributed by atoms with Crippen molar-refractivity contribution < 1.29 is 9.13 Å². The number of halogens is 1. The highest BCUT2D eigenvalue weighted by Crippen LogP contribution is 2.30. The lowest BCUT2D eigenvalue weighted by molar-refractivity contribution is 0.459. The summed E-state index contributed by atoms with van der Waals surface area (Å²) in [5.74, 6) is 1.23. The lowest BCUT2D eigenvalue weighted by atomic mass is 10.1. The zero-order valence-electron chi connectivity index (χ0n) is 12.8. The van der Waals surface area contributed by atoms with Gasteiger partial charge < -0.3 is 10.1 Å². The molecule has 2 aromatic carbocycles. The van der Waals surface area contributed by atoms with E-state index in [9.17, 15) is 4.39 Å². The molecule has 3 heteroatoms. The molecule has 1 atom stereocenters. The SMILES string of the molecule is CCNC(C)c1cc(F)ccc1Oc1cccc(CC)c1. The van der Waals surface area contributed by atoms with Gasteiger partial charge in [0.25, 0.3) is 0 Å². The summed E-state index contributed by atoms with van der Waals surface area (Å²) >= 11 is 0. The minimum Gasteiger partial charge on any atom is -0.457 e. The third-order valence-corrected chi connectivity index (χ3v) is 3.48. The van der Waals surface area contributed by atoms with E-state index < -0.39 is 0 Å². The average molecular weight is 287 g/mol. The third kappa shape index (κ3) is 4.05. The number of hydrogen-bond acceptors (Lipinski definition) is 2. The molecule has 1 unspecified atom stereocenters. The number of ether oxygens (including phenoxy) is 1. The van der Waals surface area contributed by atoms with Crippen molar-refractivity contribution >= 4 is 0 Å². The molecule has 0 aliphatic carbocycles. The fourth-order valence-corrected chi connectivity index (χ4v) is 2.32. The molecular formula is C18H22FNO. The van der Waals surface area contributed by atoms with Crippen LogP contribution in [0.5, 0.6) is 11.5 Å². The Morgan fingerprint density at radius 1 is 1.14 bits per heavy atom. The van der Waals surface area contributed by atoms with Crippen molar-refractivity contribution in [3.05, 3.63) is 59.4 Å². The smallest absolute Gasteiger partial charge is 0.132 e. The van der Waals surface area contributed by atoms with Crippen molar-refractivity contribution in [3.63, 3.8) is 0 Å². The highest BCUT2D eigenvalue weighted by molar-refractivity contribution is 5.40. The Kier molecular flexibility index (Phi) is 5.34. The van der Waals surface area contributed by atoms with Gasteiger partial charge in [-0.15, -0.1) is 0 Å². The summed E-state index contributed by atoms with van der Waals surface area (Å²) < 4.78 is 19.5. The maximum Gasteiger partial charge on any atom is 0.132 e. The Morgan fingerprint density at radius 3 is 2.67 bits per heavy atom. The van der Waals surface area contributed by atoms with Gasteiger partial charge in [-0.05, 0) is 55.8 Å². The third-order valence-electron chi connectivity index (χ3n) is 3.48. The minimum absolute atomic E-state index is 0.0371. The van der Waals surface area contributed by atoms with Crippen LogP contribution < -0.4 is 10.1 Å². The fourth-order valence-electron chi connectivity index (χ4n) is 2.32. The molecule has 1 N–H and O–H groups in total. The van der Waals surface area contributed by atoms with Crippen LogP contribution in [0, 0.1) is 5.82 Å². The monoisotopic (exact) mass is 287 g/mol. The zero-order chi connectivity index (χ0) is 15.2. The van der Waals surface area contributed by atoms with E-state index in [2.05, 4.69) is 18.3 Å². The quantitative estimate of drug-likeness (QED) is 0.820. The van der Waals surface area contributed by atoms with Gasteiger partial charge in [-0.2, -0.15) is 0 Å². The minimum atomic E-state index is -0.246. The molecule has 0 saturated carbocycles. The van der Waals surface area contributed by atoms with Crippen molar-refractivity contribution in [2.75, 3.05) is 6.54 Å². The largest absolute Gasteiger partial charge is 0.457 e. The van der Waals surface area contributed by atoms with Crippen molar-refractivity contribution in [2.24, 2.45) is 0 Å². The first-order valence-electron chi connectivity index (χ1n) is 7.43. The number of aryl methyl sites for hydroxylation is 1. The highest BCUT2D eigenvalue weighted by atomic mass is 19.1. The first-order valence-corrected chi connectivity index (χ1v) is 7.43. The summed E-state index contributed by atoms with van der Waals surface area (Å²) in [5.41, 5.74) is 2.05. The lowest BCUT2D eigenvalue weighted by Crippen LogP contribution is -2.18. The van der Waals surface area contributed by atoms with Crippen molar-refractivity contribution in [1.82, 2.24) is 5.32 Å². The van der Waals surface area contributed by atoms with E-state index in [1.165, 1.54) is 17.7 Å². The summed E-state index contributed by atoms with van der Waals surface area (Å²) in [4.78, 5) is 0. The second-order valence-corrected chi connectivity index (χ2v) is 5.06. The van der Waals surface area contributed by atoms with Gasteiger partial charge in [0.05, 0.1) is 0 Å². The molecule has 112 valence electrons. The first kappa shape index (κ1) is 15.5. The van der Waals surface area contributed by atoms with E-state index in [0.29, 0.717) is 5.75 Å². The zero-order valence-corrected chi connectivity index (χ0v) is 12.8. The van der Waals surface area contributed by atoms with E-state index in [4.69, 9.17) is 4.74 Å². The van der Waals surface area contributed by atoms with Gasteiger partial charge >= 0.3 is 0 Å². The Balaban J connectivity index is 2.30. The molecule has 2 rings (SSSR count). The van der Waals surface area contributed by atoms with Crippen LogP contribution >= 0.6 is 0 Å². The Labute approximate surface area is 126 Å². The molecule has 0 bridgehead atoms. The predicted molar refractivity (Wildman–Crippen MR) is 84.4 cm³/mol. The van der Waals surface area contributed by atoms with Crippen molar-refractivity contribution in [1.29, 1.82) is 0 Å². The van der Waals surface area contributed by atoms with Crippen LogP contribution in [-0.2, 0) is 6.42 Å². The van der Waals surface area contributed by atoms with E-state index in [-0.39, 0.29) is 11.9 Å². The molecule has 2 aromatic rings. The predicted octanol–water partition coefficient (Wildman–Crippen LogP) is 4.85. The van der Waals surface area contributed by atoms with Gasteiger partial charge in [0, 0.05) is 11.6 Å². The lowest BCUT2D eigenvalue weighted by Gasteiger charge is -2.18. The van der Waals surface area contributed by atoms with E-state index in [1.807, 2.05) is 32.0 Å². The molecular weight excluding hydrogens is 265 g/mol. The number of rotatable bonds is 6. The standard InChI is InChI=1S/C18H22FNO/c1-4-14-7-6-8-16(11-14)21-18-10-9-15(19)12-17(18)13(3)20-5-2/h6-13,20H,4-5H2,1-3H3. The van der Waals surface area contributed by atoms with Gasteiger partial charge in [0.2, 0.25) is 0 Å². The van der Waals surface area contributed by atoms with E-state index in [0.717, 1.165) is 24.3 Å². The molecule has 0 aromatic heterocycles. The second kappa shape index (κ2) is 7.23. The van der Waals surface area contributed by atoms with Crippen LogP contribution in [0.3, 0.4) is 0 Å². The fraction of sp³-hybridized carbons (Fsp3) is 0.333. The van der Waals surface area contributed by atoms with Crippen molar-refractivity contribution in [2.45, 2.75) is 33.2 Å². The van der Waals surface area contributed by atoms with Crippen LogP contribution in [0.2, 0.25) is 0 Å². The molecule has 0 aliphatic heterocycles. The molecule has 21 heavy (non-hydrogen) atoms. The number of nitrogens with one attached hydrogen (secondary N) is 1. The maximum absolute atomic E-state index is 13.5. The summed E-state index contributed by atoms with van der Waals surface area (Å²) in [7, 11) is 0. The second-order valence-electron chi connectivity index (χ2n) is 5.06. The van der Waals surface area contributed by atoms with Gasteiger partial charge in [0.1, 0.15) is 17.3 Å². The summed E-state index contributed by atoms with van der Waals surface area (Å²) in [6.45, 7) is 6.97. The van der Waals surface area contributed by atoms with Gasteiger partial charge in [-0.1, -0.05) is 26.0 Å². The summed E-state index contributed by atoms with van der Waals surface area (Å²) in [6.07, 6.45) is 0.960. The summed E-state index contributed by atoms with van der Waals surface area (Å²) in [6, 6.07) is 12.7. The Morgan fingerprint density at radius 2 is 1.95 bits per heavy atom. The highest BCUT2D eigenvalue weighted by Gasteiger charge is 2.13. The van der Waals surface area contributed by atoms with Crippen LogP contribution in [-0.4, -0.2) is 6.54 Å². The Hall–Kier alpha value is -1.87.